The Balaban J connectivity index is 3.08. The Kier molecular flexibility index (Phi) is 5.35. The van der Waals surface area contributed by atoms with Crippen LogP contribution in [0.5, 0.6) is 0 Å². The summed E-state index contributed by atoms with van der Waals surface area (Å²) in [6, 6.07) is 3.18. The van der Waals surface area contributed by atoms with Gasteiger partial charge in [0.25, 0.3) is 0 Å². The van der Waals surface area contributed by atoms with E-state index in [1.54, 1.807) is 24.9 Å². The minimum absolute atomic E-state index is 0.0593. The molecule has 0 aliphatic rings. The van der Waals surface area contributed by atoms with Gasteiger partial charge >= 0.3 is 12.0 Å². The van der Waals surface area contributed by atoms with Crippen molar-refractivity contribution in [2.75, 3.05) is 12.4 Å². The second-order valence-electron chi connectivity index (χ2n) is 5.84. The minimum Gasteiger partial charge on any atom is -0.478 e. The number of carboxylic acids is 1. The number of benzene rings is 1. The summed E-state index contributed by atoms with van der Waals surface area (Å²) in [5.74, 6) is -0.726. The zero-order chi connectivity index (χ0) is 16.3. The highest BCUT2D eigenvalue weighted by Crippen LogP contribution is 2.23. The third-order valence-corrected chi connectivity index (χ3v) is 3.84. The lowest BCUT2D eigenvalue weighted by atomic mass is 10.0. The number of carboxylic acid groups (broad SMARTS) is 1. The average molecular weight is 292 g/mol. The fourth-order valence-electron chi connectivity index (χ4n) is 2.13. The molecule has 1 aromatic rings. The molecule has 0 radical (unpaired) electrons. The third kappa shape index (κ3) is 3.97. The highest BCUT2D eigenvalue weighted by atomic mass is 16.4. The second kappa shape index (κ2) is 6.61. The predicted octanol–water partition coefficient (Wildman–Crippen LogP) is 3.51. The van der Waals surface area contributed by atoms with E-state index in [0.29, 0.717) is 11.6 Å². The van der Waals surface area contributed by atoms with Gasteiger partial charge in [-0.05, 0) is 43.9 Å². The standard InChI is InChI=1S/C16H24N2O3/c1-9(2)12(5)18(6)16(21)17-14-11(4)7-10(3)8-13(14)15(19)20/h7-9,12H,1-6H3,(H,17,21)(H,19,20). The molecule has 1 atom stereocenters. The molecule has 0 spiro atoms. The summed E-state index contributed by atoms with van der Waals surface area (Å²) >= 11 is 0. The Morgan fingerprint density at radius 2 is 1.76 bits per heavy atom. The van der Waals surface area contributed by atoms with E-state index >= 15 is 0 Å². The fraction of sp³-hybridized carbons (Fsp3) is 0.500. The van der Waals surface area contributed by atoms with Gasteiger partial charge in [-0.15, -0.1) is 0 Å². The van der Waals surface area contributed by atoms with E-state index in [9.17, 15) is 14.7 Å². The average Bonchev–Trinajstić information content (AvgIpc) is 2.39. The number of carbonyl (C=O) groups excluding carboxylic acids is 1. The van der Waals surface area contributed by atoms with Crippen LogP contribution < -0.4 is 5.32 Å². The van der Waals surface area contributed by atoms with Crippen LogP contribution in [-0.4, -0.2) is 35.1 Å². The van der Waals surface area contributed by atoms with Crippen molar-refractivity contribution < 1.29 is 14.7 Å². The number of anilines is 1. The smallest absolute Gasteiger partial charge is 0.337 e. The quantitative estimate of drug-likeness (QED) is 0.892. The van der Waals surface area contributed by atoms with Crippen molar-refractivity contribution in [1.82, 2.24) is 4.90 Å². The summed E-state index contributed by atoms with van der Waals surface area (Å²) in [5.41, 5.74) is 2.07. The molecule has 0 heterocycles. The van der Waals surface area contributed by atoms with Crippen LogP contribution in [0.2, 0.25) is 0 Å². The lowest BCUT2D eigenvalue weighted by Crippen LogP contribution is -2.41. The van der Waals surface area contributed by atoms with Crippen molar-refractivity contribution >= 4 is 17.7 Å². The van der Waals surface area contributed by atoms with Gasteiger partial charge in [0, 0.05) is 13.1 Å². The Hall–Kier alpha value is -2.04. The fourth-order valence-corrected chi connectivity index (χ4v) is 2.13. The Labute approximate surface area is 126 Å². The highest BCUT2D eigenvalue weighted by Gasteiger charge is 2.21. The van der Waals surface area contributed by atoms with Crippen molar-refractivity contribution in [2.45, 2.75) is 40.7 Å². The first-order valence-corrected chi connectivity index (χ1v) is 7.03. The maximum atomic E-state index is 12.3. The van der Waals surface area contributed by atoms with Gasteiger partial charge in [0.2, 0.25) is 0 Å². The van der Waals surface area contributed by atoms with Crippen LogP contribution in [0.15, 0.2) is 12.1 Å². The molecule has 0 bridgehead atoms. The molecule has 2 amide bonds. The van der Waals surface area contributed by atoms with E-state index in [1.165, 1.54) is 0 Å². The molecule has 0 saturated heterocycles. The summed E-state index contributed by atoms with van der Waals surface area (Å²) in [6.45, 7) is 9.66. The Morgan fingerprint density at radius 3 is 2.24 bits per heavy atom. The van der Waals surface area contributed by atoms with Crippen LogP contribution in [0, 0.1) is 19.8 Å². The molecule has 0 aliphatic carbocycles. The summed E-state index contributed by atoms with van der Waals surface area (Å²) in [4.78, 5) is 25.2. The van der Waals surface area contributed by atoms with Crippen LogP contribution >= 0.6 is 0 Å². The molecule has 1 unspecified atom stereocenters. The van der Waals surface area contributed by atoms with Gasteiger partial charge in [-0.2, -0.15) is 0 Å². The number of aromatic carboxylic acids is 1. The molecule has 1 aromatic carbocycles. The molecular weight excluding hydrogens is 268 g/mol. The number of rotatable bonds is 4. The molecule has 5 heteroatoms. The largest absolute Gasteiger partial charge is 0.478 e. The molecule has 1 rings (SSSR count). The number of amides is 2. The summed E-state index contributed by atoms with van der Waals surface area (Å²) in [6.07, 6.45) is 0. The molecule has 2 N–H and O–H groups in total. The van der Waals surface area contributed by atoms with E-state index in [2.05, 4.69) is 5.32 Å². The molecule has 116 valence electrons. The highest BCUT2D eigenvalue weighted by molar-refractivity contribution is 6.01. The summed E-state index contributed by atoms with van der Waals surface area (Å²) in [7, 11) is 1.71. The zero-order valence-corrected chi connectivity index (χ0v) is 13.5. The number of hydrogen-bond donors (Lipinski definition) is 2. The van der Waals surface area contributed by atoms with Crippen molar-refractivity contribution in [1.29, 1.82) is 0 Å². The van der Waals surface area contributed by atoms with Crippen LogP contribution in [-0.2, 0) is 0 Å². The maximum absolute atomic E-state index is 12.3. The van der Waals surface area contributed by atoms with Crippen LogP contribution in [0.1, 0.15) is 42.3 Å². The van der Waals surface area contributed by atoms with Crippen molar-refractivity contribution in [3.8, 4) is 0 Å². The van der Waals surface area contributed by atoms with Gasteiger partial charge < -0.3 is 15.3 Å². The van der Waals surface area contributed by atoms with E-state index in [-0.39, 0.29) is 17.6 Å². The van der Waals surface area contributed by atoms with Crippen LogP contribution in [0.4, 0.5) is 10.5 Å². The molecular formula is C16H24N2O3. The van der Waals surface area contributed by atoms with Gasteiger partial charge in [0.05, 0.1) is 11.3 Å². The number of aryl methyl sites for hydroxylation is 2. The SMILES string of the molecule is Cc1cc(C)c(NC(=O)N(C)C(C)C(C)C)c(C(=O)O)c1. The monoisotopic (exact) mass is 292 g/mol. The van der Waals surface area contributed by atoms with Gasteiger partial charge in [-0.3, -0.25) is 0 Å². The van der Waals surface area contributed by atoms with Gasteiger partial charge in [-0.1, -0.05) is 19.9 Å². The topological polar surface area (TPSA) is 69.6 Å². The third-order valence-electron chi connectivity index (χ3n) is 3.84. The summed E-state index contributed by atoms with van der Waals surface area (Å²) < 4.78 is 0. The van der Waals surface area contributed by atoms with Gasteiger partial charge in [0.1, 0.15) is 0 Å². The first-order chi connectivity index (χ1) is 9.65. The predicted molar refractivity (Wildman–Crippen MR) is 84.0 cm³/mol. The van der Waals surface area contributed by atoms with Crippen LogP contribution in [0.25, 0.3) is 0 Å². The van der Waals surface area contributed by atoms with Crippen LogP contribution in [0.3, 0.4) is 0 Å². The van der Waals surface area contributed by atoms with E-state index in [1.807, 2.05) is 33.8 Å². The van der Waals surface area contributed by atoms with Gasteiger partial charge in [-0.25, -0.2) is 9.59 Å². The lowest BCUT2D eigenvalue weighted by molar-refractivity contribution is 0.0698. The maximum Gasteiger partial charge on any atom is 0.337 e. The number of urea groups is 1. The van der Waals surface area contributed by atoms with Crippen molar-refractivity contribution in [2.24, 2.45) is 5.92 Å². The molecule has 0 aliphatic heterocycles. The van der Waals surface area contributed by atoms with Gasteiger partial charge in [0.15, 0.2) is 0 Å². The number of hydrogen-bond acceptors (Lipinski definition) is 2. The Morgan fingerprint density at radius 1 is 1.19 bits per heavy atom. The summed E-state index contributed by atoms with van der Waals surface area (Å²) in [5, 5.41) is 12.0. The van der Waals surface area contributed by atoms with E-state index < -0.39 is 5.97 Å². The molecule has 0 saturated carbocycles. The molecule has 0 aromatic heterocycles. The molecule has 5 nitrogen and oxygen atoms in total. The number of carbonyl (C=O) groups is 2. The zero-order valence-electron chi connectivity index (χ0n) is 13.5. The lowest BCUT2D eigenvalue weighted by Gasteiger charge is -2.28. The molecule has 0 fully saturated rings. The number of nitrogens with zero attached hydrogens (tertiary/aromatic N) is 1. The minimum atomic E-state index is -1.04. The number of nitrogens with one attached hydrogen (secondary N) is 1. The van der Waals surface area contributed by atoms with Crippen molar-refractivity contribution in [3.05, 3.63) is 28.8 Å². The van der Waals surface area contributed by atoms with E-state index in [0.717, 1.165) is 11.1 Å². The van der Waals surface area contributed by atoms with Crippen molar-refractivity contribution in [3.63, 3.8) is 0 Å². The normalized spacial score (nSPS) is 12.1. The Bertz CT molecular complexity index is 553. The van der Waals surface area contributed by atoms with E-state index in [4.69, 9.17) is 0 Å². The second-order valence-corrected chi connectivity index (χ2v) is 5.84. The first-order valence-electron chi connectivity index (χ1n) is 7.03. The first kappa shape index (κ1) is 17.0. The molecule has 21 heavy (non-hydrogen) atoms.